The Labute approximate surface area is 143 Å². The van der Waals surface area contributed by atoms with Gasteiger partial charge in [0.05, 0.1) is 12.1 Å². The minimum absolute atomic E-state index is 0.135. The predicted octanol–water partition coefficient (Wildman–Crippen LogP) is 3.42. The number of halogens is 3. The van der Waals surface area contributed by atoms with E-state index in [0.717, 1.165) is 49.0 Å². The Morgan fingerprint density at radius 2 is 2.08 bits per heavy atom. The van der Waals surface area contributed by atoms with Gasteiger partial charge in [0, 0.05) is 37.0 Å². The standard InChI is InChI=1S/C17H19F3N4O/c1-3-13-8-15(23-11(2)22-13)24-7-6-14(10-24)25-16-5-4-12(9-21-16)17(18,19)20/h4-5,8-9,14H,3,6-7,10H2,1-2H3. The molecule has 8 heteroatoms. The van der Waals surface area contributed by atoms with Gasteiger partial charge in [-0.3, -0.25) is 0 Å². The maximum Gasteiger partial charge on any atom is 0.417 e. The first-order valence-electron chi connectivity index (χ1n) is 8.14. The lowest BCUT2D eigenvalue weighted by molar-refractivity contribution is -0.137. The molecule has 1 fully saturated rings. The van der Waals surface area contributed by atoms with Crippen LogP contribution < -0.4 is 9.64 Å². The topological polar surface area (TPSA) is 51.1 Å². The third kappa shape index (κ3) is 4.18. The monoisotopic (exact) mass is 352 g/mol. The fraction of sp³-hybridized carbons (Fsp3) is 0.471. The summed E-state index contributed by atoms with van der Waals surface area (Å²) in [5.41, 5.74) is 0.202. The minimum atomic E-state index is -4.39. The second-order valence-electron chi connectivity index (χ2n) is 5.98. The van der Waals surface area contributed by atoms with Crippen LogP contribution in [-0.4, -0.2) is 34.1 Å². The molecule has 3 rings (SSSR count). The molecule has 0 amide bonds. The molecular formula is C17H19F3N4O. The van der Waals surface area contributed by atoms with Gasteiger partial charge in [-0.05, 0) is 19.4 Å². The number of hydrogen-bond donors (Lipinski definition) is 0. The van der Waals surface area contributed by atoms with E-state index in [1.54, 1.807) is 0 Å². The summed E-state index contributed by atoms with van der Waals surface area (Å²) in [6.07, 6.45) is -2.14. The van der Waals surface area contributed by atoms with Gasteiger partial charge < -0.3 is 9.64 Å². The summed E-state index contributed by atoms with van der Waals surface area (Å²) in [6.45, 7) is 5.28. The first-order valence-corrected chi connectivity index (χ1v) is 8.14. The second kappa shape index (κ2) is 6.85. The van der Waals surface area contributed by atoms with Crippen LogP contribution in [0.2, 0.25) is 0 Å². The molecule has 134 valence electrons. The van der Waals surface area contributed by atoms with Gasteiger partial charge in [0.1, 0.15) is 17.7 Å². The van der Waals surface area contributed by atoms with Gasteiger partial charge in [-0.2, -0.15) is 13.2 Å². The zero-order valence-corrected chi connectivity index (χ0v) is 14.0. The van der Waals surface area contributed by atoms with Crippen LogP contribution >= 0.6 is 0 Å². The Morgan fingerprint density at radius 1 is 1.28 bits per heavy atom. The fourth-order valence-electron chi connectivity index (χ4n) is 2.78. The molecule has 0 aromatic carbocycles. The molecule has 1 aliphatic heterocycles. The van der Waals surface area contributed by atoms with E-state index in [2.05, 4.69) is 19.9 Å². The smallest absolute Gasteiger partial charge is 0.417 e. The summed E-state index contributed by atoms with van der Waals surface area (Å²) in [4.78, 5) is 14.7. The third-order valence-electron chi connectivity index (χ3n) is 4.06. The van der Waals surface area contributed by atoms with E-state index in [1.165, 1.54) is 6.07 Å². The SMILES string of the molecule is CCc1cc(N2CCC(Oc3ccc(C(F)(F)F)cn3)C2)nc(C)n1. The molecule has 5 nitrogen and oxygen atoms in total. The van der Waals surface area contributed by atoms with Crippen molar-refractivity contribution >= 4 is 5.82 Å². The van der Waals surface area contributed by atoms with Crippen molar-refractivity contribution in [2.24, 2.45) is 0 Å². The third-order valence-corrected chi connectivity index (χ3v) is 4.06. The average molecular weight is 352 g/mol. The Hall–Kier alpha value is -2.38. The molecule has 1 aliphatic rings. The highest BCUT2D eigenvalue weighted by Crippen LogP contribution is 2.29. The van der Waals surface area contributed by atoms with E-state index in [1.807, 2.05) is 19.9 Å². The molecule has 0 saturated carbocycles. The zero-order valence-electron chi connectivity index (χ0n) is 14.0. The van der Waals surface area contributed by atoms with Gasteiger partial charge in [-0.15, -0.1) is 0 Å². The number of alkyl halides is 3. The van der Waals surface area contributed by atoms with Crippen LogP contribution in [0.1, 0.15) is 30.4 Å². The largest absolute Gasteiger partial charge is 0.472 e. The van der Waals surface area contributed by atoms with Crippen LogP contribution in [0.5, 0.6) is 5.88 Å². The van der Waals surface area contributed by atoms with Gasteiger partial charge in [0.15, 0.2) is 0 Å². The molecule has 0 N–H and O–H groups in total. The highest BCUT2D eigenvalue weighted by atomic mass is 19.4. The summed E-state index contributed by atoms with van der Waals surface area (Å²) < 4.78 is 43.4. The van der Waals surface area contributed by atoms with Crippen LogP contribution in [0, 0.1) is 6.92 Å². The number of ether oxygens (including phenoxy) is 1. The molecule has 0 spiro atoms. The number of anilines is 1. The van der Waals surface area contributed by atoms with Crippen molar-refractivity contribution in [1.29, 1.82) is 0 Å². The molecule has 0 aliphatic carbocycles. The second-order valence-corrected chi connectivity index (χ2v) is 5.98. The van der Waals surface area contributed by atoms with Crippen LogP contribution in [0.3, 0.4) is 0 Å². The molecular weight excluding hydrogens is 333 g/mol. The number of hydrogen-bond acceptors (Lipinski definition) is 5. The Kier molecular flexibility index (Phi) is 4.78. The summed E-state index contributed by atoms with van der Waals surface area (Å²) in [5.74, 6) is 1.78. The van der Waals surface area contributed by atoms with Crippen molar-refractivity contribution < 1.29 is 17.9 Å². The van der Waals surface area contributed by atoms with E-state index < -0.39 is 11.7 Å². The predicted molar refractivity (Wildman–Crippen MR) is 86.6 cm³/mol. The van der Waals surface area contributed by atoms with Crippen molar-refractivity contribution in [3.63, 3.8) is 0 Å². The van der Waals surface area contributed by atoms with E-state index >= 15 is 0 Å². The lowest BCUT2D eigenvalue weighted by Gasteiger charge is -2.19. The van der Waals surface area contributed by atoms with Crippen LogP contribution in [0.4, 0.5) is 19.0 Å². The van der Waals surface area contributed by atoms with Crippen LogP contribution in [0.15, 0.2) is 24.4 Å². The van der Waals surface area contributed by atoms with Gasteiger partial charge in [-0.1, -0.05) is 6.92 Å². The lowest BCUT2D eigenvalue weighted by Crippen LogP contribution is -2.26. The van der Waals surface area contributed by atoms with Gasteiger partial charge in [0.25, 0.3) is 0 Å². The molecule has 2 aromatic rings. The number of rotatable bonds is 4. The fourth-order valence-corrected chi connectivity index (χ4v) is 2.78. The average Bonchev–Trinajstić information content (AvgIpc) is 3.02. The summed E-state index contributed by atoms with van der Waals surface area (Å²) in [5, 5.41) is 0. The van der Waals surface area contributed by atoms with Crippen molar-refractivity contribution in [1.82, 2.24) is 15.0 Å². The lowest BCUT2D eigenvalue weighted by atomic mass is 10.3. The van der Waals surface area contributed by atoms with E-state index in [9.17, 15) is 13.2 Å². The number of aromatic nitrogens is 3. The highest BCUT2D eigenvalue weighted by Gasteiger charge is 2.31. The summed E-state index contributed by atoms with van der Waals surface area (Å²) >= 11 is 0. The Bertz CT molecular complexity index is 734. The minimum Gasteiger partial charge on any atom is -0.472 e. The molecule has 25 heavy (non-hydrogen) atoms. The first kappa shape index (κ1) is 17.4. The van der Waals surface area contributed by atoms with E-state index in [0.29, 0.717) is 6.54 Å². The molecule has 0 bridgehead atoms. The van der Waals surface area contributed by atoms with Crippen molar-refractivity contribution in [3.05, 3.63) is 41.5 Å². The maximum atomic E-state index is 12.6. The number of pyridine rings is 1. The van der Waals surface area contributed by atoms with Crippen molar-refractivity contribution in [3.8, 4) is 5.88 Å². The molecule has 2 aromatic heterocycles. The van der Waals surface area contributed by atoms with E-state index in [4.69, 9.17) is 4.74 Å². The maximum absolute atomic E-state index is 12.6. The van der Waals surface area contributed by atoms with Crippen LogP contribution in [-0.2, 0) is 12.6 Å². The van der Waals surface area contributed by atoms with Crippen molar-refractivity contribution in [2.75, 3.05) is 18.0 Å². The molecule has 0 radical (unpaired) electrons. The number of nitrogens with zero attached hydrogens (tertiary/aromatic N) is 4. The molecule has 1 saturated heterocycles. The van der Waals surface area contributed by atoms with Crippen LogP contribution in [0.25, 0.3) is 0 Å². The highest BCUT2D eigenvalue weighted by molar-refractivity contribution is 5.41. The molecule has 1 unspecified atom stereocenters. The molecule has 1 atom stereocenters. The van der Waals surface area contributed by atoms with E-state index in [-0.39, 0.29) is 12.0 Å². The number of aryl methyl sites for hydroxylation is 2. The quantitative estimate of drug-likeness (QED) is 0.844. The molecule has 3 heterocycles. The van der Waals surface area contributed by atoms with Gasteiger partial charge in [-0.25, -0.2) is 15.0 Å². The van der Waals surface area contributed by atoms with Gasteiger partial charge >= 0.3 is 6.18 Å². The summed E-state index contributed by atoms with van der Waals surface area (Å²) in [6, 6.07) is 4.21. The Balaban J connectivity index is 1.64. The van der Waals surface area contributed by atoms with Crippen molar-refractivity contribution in [2.45, 2.75) is 39.0 Å². The van der Waals surface area contributed by atoms with Gasteiger partial charge in [0.2, 0.25) is 5.88 Å². The first-order chi connectivity index (χ1) is 11.8. The zero-order chi connectivity index (χ0) is 18.0. The Morgan fingerprint density at radius 3 is 2.72 bits per heavy atom. The summed E-state index contributed by atoms with van der Waals surface area (Å²) in [7, 11) is 0. The normalized spacial score (nSPS) is 17.8.